The Morgan fingerprint density at radius 1 is 1.62 bits per heavy atom. The summed E-state index contributed by atoms with van der Waals surface area (Å²) in [6.07, 6.45) is 3.03. The zero-order valence-electron chi connectivity index (χ0n) is 8.28. The molecular formula is C9H9N5O2. The molecule has 0 aliphatic heterocycles. The fraction of sp³-hybridized carbons (Fsp3) is 0.111. The molecule has 1 aromatic rings. The molecule has 82 valence electrons. The maximum atomic E-state index is 10.7. The molecule has 0 aliphatic carbocycles. The highest BCUT2D eigenvalue weighted by Crippen LogP contribution is 2.22. The summed E-state index contributed by atoms with van der Waals surface area (Å²) < 4.78 is 0. The van der Waals surface area contributed by atoms with E-state index >= 15 is 0 Å². The van der Waals surface area contributed by atoms with Gasteiger partial charge in [0.25, 0.3) is 5.69 Å². The second kappa shape index (κ2) is 5.38. The highest BCUT2D eigenvalue weighted by molar-refractivity contribution is 5.65. The van der Waals surface area contributed by atoms with Gasteiger partial charge in [0.15, 0.2) is 0 Å². The molecule has 0 aliphatic rings. The minimum absolute atomic E-state index is 0.0358. The summed E-state index contributed by atoms with van der Waals surface area (Å²) in [5.74, 6) is 0. The lowest BCUT2D eigenvalue weighted by Gasteiger charge is -1.98. The van der Waals surface area contributed by atoms with E-state index in [4.69, 9.17) is 11.3 Å². The van der Waals surface area contributed by atoms with Gasteiger partial charge in [-0.05, 0) is 17.7 Å². The Balaban J connectivity index is 3.00. The van der Waals surface area contributed by atoms with Crippen LogP contribution in [0.1, 0.15) is 5.56 Å². The minimum atomic E-state index is -0.493. The van der Waals surface area contributed by atoms with Gasteiger partial charge in [0.1, 0.15) is 0 Å². The van der Waals surface area contributed by atoms with Crippen molar-refractivity contribution in [2.24, 2.45) is 5.11 Å². The van der Waals surface area contributed by atoms with E-state index in [-0.39, 0.29) is 12.2 Å². The molecule has 7 nitrogen and oxygen atoms in total. The molecule has 0 spiro atoms. The van der Waals surface area contributed by atoms with Crippen molar-refractivity contribution in [3.8, 4) is 0 Å². The zero-order valence-corrected chi connectivity index (χ0v) is 8.28. The number of nitro groups is 1. The molecule has 0 atom stereocenters. The van der Waals surface area contributed by atoms with Gasteiger partial charge in [-0.2, -0.15) is 0 Å². The van der Waals surface area contributed by atoms with E-state index < -0.39 is 4.92 Å². The summed E-state index contributed by atoms with van der Waals surface area (Å²) in [4.78, 5) is 12.7. The van der Waals surface area contributed by atoms with Crippen LogP contribution >= 0.6 is 0 Å². The molecule has 0 amide bonds. The highest BCUT2D eigenvalue weighted by atomic mass is 16.6. The lowest BCUT2D eigenvalue weighted by atomic mass is 10.1. The van der Waals surface area contributed by atoms with Crippen LogP contribution in [0.3, 0.4) is 0 Å². The van der Waals surface area contributed by atoms with E-state index in [0.717, 1.165) is 0 Å². The molecule has 1 rings (SSSR count). The van der Waals surface area contributed by atoms with Crippen molar-refractivity contribution in [1.82, 2.24) is 0 Å². The summed E-state index contributed by atoms with van der Waals surface area (Å²) in [6.45, 7) is 0.141. The molecule has 0 aromatic heterocycles. The number of anilines is 1. The van der Waals surface area contributed by atoms with E-state index in [1.165, 1.54) is 30.4 Å². The Morgan fingerprint density at radius 3 is 3.00 bits per heavy atom. The lowest BCUT2D eigenvalue weighted by Crippen LogP contribution is -1.93. The number of hydrogen-bond acceptors (Lipinski definition) is 4. The van der Waals surface area contributed by atoms with E-state index in [1.807, 2.05) is 0 Å². The van der Waals surface area contributed by atoms with Gasteiger partial charge in [-0.25, -0.2) is 0 Å². The van der Waals surface area contributed by atoms with Gasteiger partial charge >= 0.3 is 0 Å². The third-order valence-corrected chi connectivity index (χ3v) is 1.80. The quantitative estimate of drug-likeness (QED) is 0.209. The highest BCUT2D eigenvalue weighted by Gasteiger charge is 2.10. The molecule has 2 N–H and O–H groups in total. The first kappa shape index (κ1) is 11.5. The molecule has 7 heteroatoms. The van der Waals surface area contributed by atoms with Gasteiger partial charge < -0.3 is 5.73 Å². The lowest BCUT2D eigenvalue weighted by molar-refractivity contribution is -0.385. The summed E-state index contributed by atoms with van der Waals surface area (Å²) in [6, 6.07) is 4.29. The molecule has 0 radical (unpaired) electrons. The third-order valence-electron chi connectivity index (χ3n) is 1.80. The van der Waals surface area contributed by atoms with Crippen LogP contribution in [0, 0.1) is 10.1 Å². The van der Waals surface area contributed by atoms with Crippen molar-refractivity contribution >= 4 is 17.5 Å². The smallest absolute Gasteiger partial charge is 0.276 e. The van der Waals surface area contributed by atoms with E-state index in [1.54, 1.807) is 0 Å². The Hall–Kier alpha value is -2.53. The summed E-state index contributed by atoms with van der Waals surface area (Å²) >= 11 is 0. The number of nitrogens with zero attached hydrogens (tertiary/aromatic N) is 4. The molecule has 0 saturated carbocycles. The minimum Gasteiger partial charge on any atom is -0.399 e. The van der Waals surface area contributed by atoms with Crippen LogP contribution in [0.25, 0.3) is 16.5 Å². The van der Waals surface area contributed by atoms with Crippen molar-refractivity contribution in [2.45, 2.75) is 0 Å². The molecule has 1 aromatic carbocycles. The van der Waals surface area contributed by atoms with Crippen LogP contribution < -0.4 is 5.73 Å². The number of hydrogen-bond donors (Lipinski definition) is 1. The first-order valence-corrected chi connectivity index (χ1v) is 4.36. The maximum Gasteiger partial charge on any atom is 0.276 e. The summed E-state index contributed by atoms with van der Waals surface area (Å²) in [5, 5.41) is 13.9. The molecule has 0 saturated heterocycles. The first-order valence-electron chi connectivity index (χ1n) is 4.36. The van der Waals surface area contributed by atoms with Crippen LogP contribution in [-0.2, 0) is 0 Å². The van der Waals surface area contributed by atoms with E-state index in [0.29, 0.717) is 11.3 Å². The van der Waals surface area contributed by atoms with Crippen LogP contribution in [0.15, 0.2) is 29.4 Å². The van der Waals surface area contributed by atoms with Gasteiger partial charge in [0.2, 0.25) is 0 Å². The Bertz CT molecular complexity index is 477. The Kier molecular flexibility index (Phi) is 3.88. The van der Waals surface area contributed by atoms with Gasteiger partial charge in [0, 0.05) is 23.2 Å². The largest absolute Gasteiger partial charge is 0.399 e. The first-order chi connectivity index (χ1) is 7.65. The van der Waals surface area contributed by atoms with Crippen molar-refractivity contribution in [1.29, 1.82) is 0 Å². The average molecular weight is 219 g/mol. The van der Waals surface area contributed by atoms with Gasteiger partial charge in [0.05, 0.1) is 10.5 Å². The number of nitrogen functional groups attached to an aromatic ring is 1. The number of rotatable bonds is 4. The Morgan fingerprint density at radius 2 is 2.38 bits per heavy atom. The second-order valence-corrected chi connectivity index (χ2v) is 2.89. The number of nitrogens with two attached hydrogens (primary N) is 1. The SMILES string of the molecule is [N-]=[N+]=NCC=Cc1cc(N)ccc1[N+](=O)[O-]. The van der Waals surface area contributed by atoms with E-state index in [2.05, 4.69) is 10.0 Å². The maximum absolute atomic E-state index is 10.7. The number of azide groups is 1. The second-order valence-electron chi connectivity index (χ2n) is 2.89. The normalized spacial score (nSPS) is 10.0. The topological polar surface area (TPSA) is 118 Å². The van der Waals surface area contributed by atoms with Crippen molar-refractivity contribution < 1.29 is 4.92 Å². The summed E-state index contributed by atoms with van der Waals surface area (Å²) in [5.41, 5.74) is 14.4. The Labute approximate surface area is 91.0 Å². The molecule has 0 heterocycles. The van der Waals surface area contributed by atoms with Crippen molar-refractivity contribution in [2.75, 3.05) is 12.3 Å². The molecule has 16 heavy (non-hydrogen) atoms. The van der Waals surface area contributed by atoms with E-state index in [9.17, 15) is 10.1 Å². The predicted octanol–water partition coefficient (Wildman–Crippen LogP) is 2.50. The molecule has 0 unspecified atom stereocenters. The molecular weight excluding hydrogens is 210 g/mol. The predicted molar refractivity (Wildman–Crippen MR) is 60.6 cm³/mol. The van der Waals surface area contributed by atoms with Crippen LogP contribution in [0.5, 0.6) is 0 Å². The van der Waals surface area contributed by atoms with Crippen LogP contribution in [0.2, 0.25) is 0 Å². The fourth-order valence-electron chi connectivity index (χ4n) is 1.14. The molecule has 0 bridgehead atoms. The van der Waals surface area contributed by atoms with Crippen molar-refractivity contribution in [3.63, 3.8) is 0 Å². The standard InChI is InChI=1S/C9H9N5O2/c10-8-3-4-9(14(15)16)7(6-8)2-1-5-12-13-11/h1-4,6H,5,10H2. The van der Waals surface area contributed by atoms with Crippen LogP contribution in [-0.4, -0.2) is 11.5 Å². The van der Waals surface area contributed by atoms with Crippen molar-refractivity contribution in [3.05, 3.63) is 50.4 Å². The van der Waals surface area contributed by atoms with Gasteiger partial charge in [-0.1, -0.05) is 17.3 Å². The number of benzene rings is 1. The number of nitro benzene ring substituents is 1. The monoisotopic (exact) mass is 219 g/mol. The average Bonchev–Trinajstić information content (AvgIpc) is 2.24. The zero-order chi connectivity index (χ0) is 12.0. The van der Waals surface area contributed by atoms with Gasteiger partial charge in [-0.3, -0.25) is 10.1 Å². The van der Waals surface area contributed by atoms with Gasteiger partial charge in [-0.15, -0.1) is 0 Å². The third kappa shape index (κ3) is 3.00. The van der Waals surface area contributed by atoms with Crippen LogP contribution in [0.4, 0.5) is 11.4 Å². The summed E-state index contributed by atoms with van der Waals surface area (Å²) in [7, 11) is 0. The fourth-order valence-corrected chi connectivity index (χ4v) is 1.14. The molecule has 0 fully saturated rings.